The van der Waals surface area contributed by atoms with Gasteiger partial charge in [-0.05, 0) is 54.4 Å². The van der Waals surface area contributed by atoms with Crippen molar-refractivity contribution in [2.75, 3.05) is 6.54 Å². The second-order valence-corrected chi connectivity index (χ2v) is 13.0. The number of likely N-dealkylation sites (tertiary alicyclic amines) is 1. The highest BCUT2D eigenvalue weighted by Crippen LogP contribution is 2.64. The van der Waals surface area contributed by atoms with Gasteiger partial charge in [0.2, 0.25) is 11.8 Å². The normalized spacial score (nSPS) is 28.6. The first-order valence-electron chi connectivity index (χ1n) is 16.2. The van der Waals surface area contributed by atoms with E-state index in [1.165, 1.54) is 11.0 Å². The summed E-state index contributed by atoms with van der Waals surface area (Å²) in [5.41, 5.74) is 2.41. The Kier molecular flexibility index (Phi) is 7.47. The number of hydrogen-bond acceptors (Lipinski definition) is 5. The maximum absolute atomic E-state index is 15.1. The molecule has 46 heavy (non-hydrogen) atoms. The number of aromatic hydroxyl groups is 1. The molecule has 1 heterocycles. The van der Waals surface area contributed by atoms with Crippen LogP contribution in [0.3, 0.4) is 0 Å². The van der Waals surface area contributed by atoms with Gasteiger partial charge in [-0.25, -0.2) is 0 Å². The second-order valence-electron chi connectivity index (χ2n) is 13.0. The molecule has 232 valence electrons. The molecule has 7 rings (SSSR count). The van der Waals surface area contributed by atoms with Crippen LogP contribution in [0.1, 0.15) is 54.4 Å². The smallest absolute Gasteiger partial charge is 0.233 e. The van der Waals surface area contributed by atoms with E-state index < -0.39 is 35.0 Å². The van der Waals surface area contributed by atoms with Crippen LogP contribution in [0, 0.1) is 23.7 Å². The van der Waals surface area contributed by atoms with Gasteiger partial charge < -0.3 is 5.11 Å². The van der Waals surface area contributed by atoms with Crippen molar-refractivity contribution in [1.82, 2.24) is 4.90 Å². The van der Waals surface area contributed by atoms with E-state index in [1.54, 1.807) is 6.08 Å². The van der Waals surface area contributed by atoms with Crippen molar-refractivity contribution in [1.29, 1.82) is 0 Å². The third kappa shape index (κ3) is 4.23. The first kappa shape index (κ1) is 29.8. The van der Waals surface area contributed by atoms with Gasteiger partial charge in [-0.1, -0.05) is 104 Å². The number of Topliss-reactive ketones (excluding diaryl/α,β-unsaturated/α-hetero) is 1. The molecule has 2 fully saturated rings. The number of allylic oxidation sites excluding steroid dienone is 5. The number of phenols is 1. The molecule has 4 aliphatic rings. The molecule has 0 bridgehead atoms. The molecule has 6 heteroatoms. The predicted molar refractivity (Wildman–Crippen MR) is 176 cm³/mol. The number of phenolic OH excluding ortho intramolecular Hbond substituents is 1. The lowest BCUT2D eigenvalue weighted by Crippen LogP contribution is -2.58. The molecule has 3 aliphatic carbocycles. The monoisotopic (exact) mass is 611 g/mol. The number of hydrogen-bond donors (Lipinski definition) is 1. The van der Waals surface area contributed by atoms with E-state index in [-0.39, 0.29) is 35.6 Å². The SMILES string of the molecule is C=CCc1cccc(C2C3=CCC4C(=O)N(CCC)C(=O)C4C3CC3C(=O)C(c4ccccc4)=CC(=O)C32c2ccccc2)c1O. The Labute approximate surface area is 269 Å². The minimum absolute atomic E-state index is 0.0599. The number of fused-ring (bicyclic) bond motifs is 4. The van der Waals surface area contributed by atoms with Crippen LogP contribution < -0.4 is 0 Å². The van der Waals surface area contributed by atoms with Crippen molar-refractivity contribution >= 4 is 29.0 Å². The molecule has 1 saturated heterocycles. The van der Waals surface area contributed by atoms with Crippen molar-refractivity contribution < 1.29 is 24.3 Å². The molecular weight excluding hydrogens is 574 g/mol. The first-order valence-corrected chi connectivity index (χ1v) is 16.2. The van der Waals surface area contributed by atoms with E-state index in [1.807, 2.05) is 91.9 Å². The van der Waals surface area contributed by atoms with Crippen LogP contribution in [0.25, 0.3) is 5.57 Å². The molecule has 0 aromatic heterocycles. The largest absolute Gasteiger partial charge is 0.507 e. The highest BCUT2D eigenvalue weighted by atomic mass is 16.3. The Morgan fingerprint density at radius 2 is 1.63 bits per heavy atom. The number of imide groups is 1. The van der Waals surface area contributed by atoms with Crippen LogP contribution in [-0.2, 0) is 31.0 Å². The summed E-state index contributed by atoms with van der Waals surface area (Å²) in [5, 5.41) is 11.9. The fraction of sp³-hybridized carbons (Fsp3) is 0.300. The van der Waals surface area contributed by atoms with Crippen molar-refractivity contribution in [3.8, 4) is 5.75 Å². The van der Waals surface area contributed by atoms with Crippen molar-refractivity contribution in [2.24, 2.45) is 23.7 Å². The van der Waals surface area contributed by atoms with Crippen LogP contribution in [0.15, 0.2) is 109 Å². The van der Waals surface area contributed by atoms with E-state index in [9.17, 15) is 19.5 Å². The molecule has 2 amide bonds. The van der Waals surface area contributed by atoms with E-state index in [4.69, 9.17) is 0 Å². The second kappa shape index (κ2) is 11.5. The Bertz CT molecular complexity index is 1820. The number of ketones is 2. The third-order valence-corrected chi connectivity index (χ3v) is 10.7. The molecule has 3 aromatic carbocycles. The lowest BCUT2D eigenvalue weighted by Gasteiger charge is -2.55. The number of rotatable bonds is 7. The van der Waals surface area contributed by atoms with E-state index in [2.05, 4.69) is 6.58 Å². The Hall–Kier alpha value is -4.84. The van der Waals surface area contributed by atoms with Gasteiger partial charge in [0.25, 0.3) is 0 Å². The lowest BCUT2D eigenvalue weighted by molar-refractivity contribution is -0.140. The van der Waals surface area contributed by atoms with Crippen molar-refractivity contribution in [2.45, 2.75) is 43.9 Å². The van der Waals surface area contributed by atoms with Gasteiger partial charge in [0, 0.05) is 29.5 Å². The summed E-state index contributed by atoms with van der Waals surface area (Å²) in [5.74, 6) is -3.81. The number of amides is 2. The Morgan fingerprint density at radius 1 is 0.913 bits per heavy atom. The predicted octanol–water partition coefficient (Wildman–Crippen LogP) is 6.36. The summed E-state index contributed by atoms with van der Waals surface area (Å²) in [4.78, 5) is 59.0. The maximum Gasteiger partial charge on any atom is 0.233 e. The molecule has 1 aliphatic heterocycles. The minimum Gasteiger partial charge on any atom is -0.507 e. The summed E-state index contributed by atoms with van der Waals surface area (Å²) in [6.07, 6.45) is 6.95. The van der Waals surface area contributed by atoms with Gasteiger partial charge in [0.1, 0.15) is 5.75 Å². The van der Waals surface area contributed by atoms with E-state index >= 15 is 4.79 Å². The number of nitrogens with zero attached hydrogens (tertiary/aromatic N) is 1. The Balaban J connectivity index is 1.52. The maximum atomic E-state index is 15.1. The highest BCUT2D eigenvalue weighted by molar-refractivity contribution is 6.31. The minimum atomic E-state index is -1.37. The number of carbonyl (C=O) groups excluding carboxylic acids is 4. The summed E-state index contributed by atoms with van der Waals surface area (Å²) >= 11 is 0. The van der Waals surface area contributed by atoms with Crippen molar-refractivity contribution in [3.05, 3.63) is 131 Å². The molecule has 6 atom stereocenters. The van der Waals surface area contributed by atoms with Crippen LogP contribution in [-0.4, -0.2) is 39.9 Å². The van der Waals surface area contributed by atoms with Crippen LogP contribution in [0.5, 0.6) is 5.75 Å². The van der Waals surface area contributed by atoms with E-state index in [0.29, 0.717) is 53.6 Å². The van der Waals surface area contributed by atoms with Crippen LogP contribution in [0.4, 0.5) is 0 Å². The summed E-state index contributed by atoms with van der Waals surface area (Å²) in [6, 6.07) is 24.2. The molecule has 1 N–H and O–H groups in total. The topological polar surface area (TPSA) is 91.8 Å². The standard InChI is InChI=1S/C40H37NO5/c1-3-12-25-15-11-18-29(36(25)43)35-27-19-20-28-34(39(46)41(21-4-2)38(28)45)31(27)22-32-37(44)30(24-13-7-5-8-14-24)23-33(42)40(32,35)26-16-9-6-10-17-26/h3,5-11,13-19,23,28,31-32,34-35,43H,1,4,12,20-22H2,2H3. The van der Waals surface area contributed by atoms with Crippen LogP contribution in [0.2, 0.25) is 0 Å². The zero-order valence-electron chi connectivity index (χ0n) is 25.9. The lowest BCUT2D eigenvalue weighted by atomic mass is 9.44. The summed E-state index contributed by atoms with van der Waals surface area (Å²) in [7, 11) is 0. The summed E-state index contributed by atoms with van der Waals surface area (Å²) in [6.45, 7) is 6.16. The molecule has 6 unspecified atom stereocenters. The first-order chi connectivity index (χ1) is 22.3. The van der Waals surface area contributed by atoms with Crippen molar-refractivity contribution in [3.63, 3.8) is 0 Å². The van der Waals surface area contributed by atoms with Gasteiger partial charge in [0.05, 0.1) is 17.3 Å². The number of para-hydroxylation sites is 1. The molecular formula is C40H37NO5. The van der Waals surface area contributed by atoms with Gasteiger partial charge in [0.15, 0.2) is 11.6 Å². The third-order valence-electron chi connectivity index (χ3n) is 10.7. The fourth-order valence-electron chi connectivity index (χ4n) is 8.89. The average Bonchev–Trinajstić information content (AvgIpc) is 3.32. The van der Waals surface area contributed by atoms with Gasteiger partial charge in [-0.3, -0.25) is 24.1 Å². The number of benzene rings is 3. The molecule has 0 spiro atoms. The zero-order chi connectivity index (χ0) is 32.2. The quantitative estimate of drug-likeness (QED) is 0.248. The molecule has 0 radical (unpaired) electrons. The number of carbonyl (C=O) groups is 4. The Morgan fingerprint density at radius 3 is 2.33 bits per heavy atom. The van der Waals surface area contributed by atoms with Gasteiger partial charge in [-0.2, -0.15) is 0 Å². The summed E-state index contributed by atoms with van der Waals surface area (Å²) < 4.78 is 0. The molecule has 3 aromatic rings. The molecule has 1 saturated carbocycles. The average molecular weight is 612 g/mol. The zero-order valence-corrected chi connectivity index (χ0v) is 25.9. The highest BCUT2D eigenvalue weighted by Gasteiger charge is 2.66. The van der Waals surface area contributed by atoms with Gasteiger partial charge >= 0.3 is 0 Å². The van der Waals surface area contributed by atoms with Crippen LogP contribution >= 0.6 is 0 Å². The molecule has 6 nitrogen and oxygen atoms in total. The fourth-order valence-corrected chi connectivity index (χ4v) is 8.89. The van der Waals surface area contributed by atoms with Gasteiger partial charge in [-0.15, -0.1) is 6.58 Å². The van der Waals surface area contributed by atoms with E-state index in [0.717, 1.165) is 5.57 Å².